The van der Waals surface area contributed by atoms with Crippen LogP contribution in [0.2, 0.25) is 0 Å². The molecule has 0 fully saturated rings. The van der Waals surface area contributed by atoms with Crippen LogP contribution in [0.25, 0.3) is 0 Å². The molecule has 118 valence electrons. The molecule has 3 nitrogen and oxygen atoms in total. The minimum absolute atomic E-state index is 0.0853. The van der Waals surface area contributed by atoms with E-state index in [0.717, 1.165) is 22.5 Å². The number of ketones is 1. The molecule has 22 heavy (non-hydrogen) atoms. The monoisotopic (exact) mass is 302 g/mol. The second-order valence-electron chi connectivity index (χ2n) is 5.90. The van der Waals surface area contributed by atoms with Crippen LogP contribution in [0.4, 0.5) is 4.39 Å². The highest BCUT2D eigenvalue weighted by molar-refractivity contribution is 5.99. The van der Waals surface area contributed by atoms with Gasteiger partial charge in [0.05, 0.1) is 6.54 Å². The van der Waals surface area contributed by atoms with Crippen LogP contribution < -0.4 is 5.32 Å². The van der Waals surface area contributed by atoms with E-state index in [4.69, 9.17) is 0 Å². The average molecular weight is 302 g/mol. The van der Waals surface area contributed by atoms with Crippen LogP contribution in [0.1, 0.15) is 47.2 Å². The first-order valence-corrected chi connectivity index (χ1v) is 7.57. The quantitative estimate of drug-likeness (QED) is 0.824. The lowest BCUT2D eigenvalue weighted by molar-refractivity contribution is 0.0990. The Bertz CT molecular complexity index is 656. The van der Waals surface area contributed by atoms with E-state index in [1.807, 2.05) is 19.9 Å². The Morgan fingerprint density at radius 3 is 2.41 bits per heavy atom. The molecule has 0 aliphatic carbocycles. The number of nitrogens with one attached hydrogen (secondary N) is 1. The Morgan fingerprint density at radius 1 is 1.23 bits per heavy atom. The summed E-state index contributed by atoms with van der Waals surface area (Å²) in [5.74, 6) is -0.164. The van der Waals surface area contributed by atoms with Crippen LogP contribution in [0, 0.1) is 19.7 Å². The van der Waals surface area contributed by atoms with Crippen molar-refractivity contribution in [2.75, 3.05) is 6.54 Å². The minimum Gasteiger partial charge on any atom is -0.346 e. The number of carbonyl (C=O) groups is 1. The molecule has 1 aromatic heterocycles. The SMILES string of the molecule is Cc1cc(C(=O)CNCc2ccc(F)cc2)c(C)n1C(C)C. The van der Waals surface area contributed by atoms with Crippen LogP contribution in [0.5, 0.6) is 0 Å². The molecule has 1 N–H and O–H groups in total. The smallest absolute Gasteiger partial charge is 0.178 e. The van der Waals surface area contributed by atoms with Crippen molar-refractivity contribution >= 4 is 5.78 Å². The van der Waals surface area contributed by atoms with E-state index in [-0.39, 0.29) is 18.1 Å². The molecule has 0 bridgehead atoms. The maximum Gasteiger partial charge on any atom is 0.178 e. The number of Topliss-reactive ketones (excluding diaryl/α,β-unsaturated/α-hetero) is 1. The van der Waals surface area contributed by atoms with Crippen molar-refractivity contribution in [3.63, 3.8) is 0 Å². The van der Waals surface area contributed by atoms with E-state index in [0.29, 0.717) is 12.6 Å². The Labute approximate surface area is 131 Å². The molecule has 1 aromatic carbocycles. The molecule has 2 rings (SSSR count). The lowest BCUT2D eigenvalue weighted by Crippen LogP contribution is -2.23. The molecule has 0 spiro atoms. The number of aromatic nitrogens is 1. The van der Waals surface area contributed by atoms with Gasteiger partial charge in [-0.05, 0) is 51.5 Å². The summed E-state index contributed by atoms with van der Waals surface area (Å²) in [6.45, 7) is 9.06. The topological polar surface area (TPSA) is 34.0 Å². The molecular formula is C18H23FN2O. The number of benzene rings is 1. The van der Waals surface area contributed by atoms with Gasteiger partial charge in [-0.2, -0.15) is 0 Å². The second-order valence-corrected chi connectivity index (χ2v) is 5.90. The van der Waals surface area contributed by atoms with Crippen molar-refractivity contribution in [1.82, 2.24) is 9.88 Å². The van der Waals surface area contributed by atoms with Crippen molar-refractivity contribution in [3.8, 4) is 0 Å². The standard InChI is InChI=1S/C18H23FN2O/c1-12(2)21-13(3)9-17(14(21)4)18(22)11-20-10-15-5-7-16(19)8-6-15/h5-9,12,20H,10-11H2,1-4H3. The first kappa shape index (κ1) is 16.4. The zero-order valence-electron chi connectivity index (χ0n) is 13.6. The van der Waals surface area contributed by atoms with Gasteiger partial charge in [0.1, 0.15) is 5.82 Å². The van der Waals surface area contributed by atoms with Gasteiger partial charge in [0.15, 0.2) is 5.78 Å². The molecular weight excluding hydrogens is 279 g/mol. The van der Waals surface area contributed by atoms with Crippen molar-refractivity contribution in [1.29, 1.82) is 0 Å². The number of hydrogen-bond acceptors (Lipinski definition) is 2. The third-order valence-corrected chi connectivity index (χ3v) is 3.83. The Hall–Kier alpha value is -1.94. The molecule has 0 unspecified atom stereocenters. The number of halogens is 1. The number of rotatable bonds is 6. The summed E-state index contributed by atoms with van der Waals surface area (Å²) in [6, 6.07) is 8.59. The van der Waals surface area contributed by atoms with Crippen molar-refractivity contribution < 1.29 is 9.18 Å². The van der Waals surface area contributed by atoms with Gasteiger partial charge in [-0.1, -0.05) is 12.1 Å². The summed E-state index contributed by atoms with van der Waals surface area (Å²) in [7, 11) is 0. The normalized spacial score (nSPS) is 11.2. The van der Waals surface area contributed by atoms with Crippen LogP contribution in [-0.2, 0) is 6.54 Å². The van der Waals surface area contributed by atoms with Gasteiger partial charge in [0.25, 0.3) is 0 Å². The van der Waals surface area contributed by atoms with E-state index in [1.54, 1.807) is 12.1 Å². The summed E-state index contributed by atoms with van der Waals surface area (Å²) in [5.41, 5.74) is 3.86. The zero-order chi connectivity index (χ0) is 16.3. The number of carbonyl (C=O) groups excluding carboxylic acids is 1. The van der Waals surface area contributed by atoms with E-state index < -0.39 is 0 Å². The summed E-state index contributed by atoms with van der Waals surface area (Å²) in [4.78, 5) is 12.4. The molecule has 0 radical (unpaired) electrons. The fourth-order valence-corrected chi connectivity index (χ4v) is 2.87. The average Bonchev–Trinajstić information content (AvgIpc) is 2.76. The van der Waals surface area contributed by atoms with Crippen molar-refractivity contribution in [2.24, 2.45) is 0 Å². The van der Waals surface area contributed by atoms with Crippen molar-refractivity contribution in [2.45, 2.75) is 40.3 Å². The molecule has 4 heteroatoms. The van der Waals surface area contributed by atoms with Gasteiger partial charge in [0, 0.05) is 29.5 Å². The molecule has 0 amide bonds. The maximum absolute atomic E-state index is 12.8. The van der Waals surface area contributed by atoms with Crippen LogP contribution in [-0.4, -0.2) is 16.9 Å². The first-order valence-electron chi connectivity index (χ1n) is 7.57. The number of hydrogen-bond donors (Lipinski definition) is 1. The summed E-state index contributed by atoms with van der Waals surface area (Å²) >= 11 is 0. The van der Waals surface area contributed by atoms with Crippen LogP contribution in [0.3, 0.4) is 0 Å². The fraction of sp³-hybridized carbons (Fsp3) is 0.389. The Morgan fingerprint density at radius 2 is 1.86 bits per heavy atom. The first-order chi connectivity index (χ1) is 10.4. The highest BCUT2D eigenvalue weighted by atomic mass is 19.1. The van der Waals surface area contributed by atoms with Gasteiger partial charge in [-0.3, -0.25) is 4.79 Å². The zero-order valence-corrected chi connectivity index (χ0v) is 13.6. The molecule has 0 saturated carbocycles. The van der Waals surface area contributed by atoms with Crippen LogP contribution in [0.15, 0.2) is 30.3 Å². The third-order valence-electron chi connectivity index (χ3n) is 3.83. The third kappa shape index (κ3) is 3.63. The molecule has 0 aliphatic rings. The van der Waals surface area contributed by atoms with E-state index in [1.165, 1.54) is 12.1 Å². The second kappa shape index (κ2) is 6.88. The Balaban J connectivity index is 1.98. The summed E-state index contributed by atoms with van der Waals surface area (Å²) < 4.78 is 15.0. The fourth-order valence-electron chi connectivity index (χ4n) is 2.87. The summed E-state index contributed by atoms with van der Waals surface area (Å²) in [6.07, 6.45) is 0. The minimum atomic E-state index is -0.249. The predicted molar refractivity (Wildman–Crippen MR) is 86.7 cm³/mol. The molecule has 2 aromatic rings. The maximum atomic E-state index is 12.8. The highest BCUT2D eigenvalue weighted by Crippen LogP contribution is 2.20. The molecule has 1 heterocycles. The van der Waals surface area contributed by atoms with Gasteiger partial charge in [-0.15, -0.1) is 0 Å². The Kier molecular flexibility index (Phi) is 5.14. The lowest BCUT2D eigenvalue weighted by atomic mass is 10.1. The molecule has 0 atom stereocenters. The lowest BCUT2D eigenvalue weighted by Gasteiger charge is -2.13. The number of aryl methyl sites for hydroxylation is 1. The van der Waals surface area contributed by atoms with Crippen molar-refractivity contribution in [3.05, 3.63) is 58.7 Å². The predicted octanol–water partition coefficient (Wildman–Crippen LogP) is 3.80. The van der Waals surface area contributed by atoms with E-state index in [2.05, 4.69) is 23.7 Å². The highest BCUT2D eigenvalue weighted by Gasteiger charge is 2.16. The van der Waals surface area contributed by atoms with Gasteiger partial charge in [-0.25, -0.2) is 4.39 Å². The van der Waals surface area contributed by atoms with Gasteiger partial charge >= 0.3 is 0 Å². The van der Waals surface area contributed by atoms with E-state index in [9.17, 15) is 9.18 Å². The van der Waals surface area contributed by atoms with Crippen LogP contribution >= 0.6 is 0 Å². The van der Waals surface area contributed by atoms with E-state index >= 15 is 0 Å². The number of nitrogens with zero attached hydrogens (tertiary/aromatic N) is 1. The van der Waals surface area contributed by atoms with Gasteiger partial charge in [0.2, 0.25) is 0 Å². The summed E-state index contributed by atoms with van der Waals surface area (Å²) in [5, 5.41) is 3.12. The molecule has 0 saturated heterocycles. The van der Waals surface area contributed by atoms with Gasteiger partial charge < -0.3 is 9.88 Å². The largest absolute Gasteiger partial charge is 0.346 e. The molecule has 0 aliphatic heterocycles.